The van der Waals surface area contributed by atoms with E-state index in [1.807, 2.05) is 0 Å². The molecule has 0 atom stereocenters. The van der Waals surface area contributed by atoms with Crippen LogP contribution in [0.2, 0.25) is 0 Å². The first-order valence-corrected chi connectivity index (χ1v) is 7.03. The van der Waals surface area contributed by atoms with Crippen LogP contribution >= 0.6 is 0 Å². The average molecular weight is 252 g/mol. The number of nitrogens with two attached hydrogens (primary N) is 1. The van der Waals surface area contributed by atoms with Gasteiger partial charge in [0.05, 0.1) is 0 Å². The van der Waals surface area contributed by atoms with Gasteiger partial charge in [0.1, 0.15) is 0 Å². The Morgan fingerprint density at radius 3 is 2.63 bits per heavy atom. The molecule has 0 saturated carbocycles. The Hall–Kier alpha value is -1.96. The lowest BCUT2D eigenvalue weighted by atomic mass is 9.99. The van der Waals surface area contributed by atoms with Crippen LogP contribution in [-0.4, -0.2) is 13.1 Å². The fourth-order valence-electron chi connectivity index (χ4n) is 2.70. The van der Waals surface area contributed by atoms with Crippen LogP contribution in [-0.2, 0) is 0 Å². The molecule has 0 fully saturated rings. The van der Waals surface area contributed by atoms with E-state index in [2.05, 4.69) is 54.3 Å². The van der Waals surface area contributed by atoms with Crippen molar-refractivity contribution in [3.05, 3.63) is 48.0 Å². The van der Waals surface area contributed by atoms with E-state index < -0.39 is 0 Å². The summed E-state index contributed by atoms with van der Waals surface area (Å²) in [4.78, 5) is 2.43. The van der Waals surface area contributed by atoms with Crippen LogP contribution in [0.4, 0.5) is 5.69 Å². The van der Waals surface area contributed by atoms with E-state index in [4.69, 9.17) is 5.73 Å². The summed E-state index contributed by atoms with van der Waals surface area (Å²) in [7, 11) is 0. The van der Waals surface area contributed by atoms with E-state index in [1.54, 1.807) is 0 Å². The Morgan fingerprint density at radius 2 is 1.89 bits per heavy atom. The van der Waals surface area contributed by atoms with Crippen LogP contribution in [0.1, 0.15) is 25.3 Å². The highest BCUT2D eigenvalue weighted by Crippen LogP contribution is 2.33. The van der Waals surface area contributed by atoms with Gasteiger partial charge in [0.15, 0.2) is 0 Å². The molecule has 2 N–H and O–H groups in total. The minimum absolute atomic E-state index is 0.911. The average Bonchev–Trinajstić information content (AvgIpc) is 2.45. The number of fused-ring (bicyclic) bond motifs is 2. The van der Waals surface area contributed by atoms with Crippen molar-refractivity contribution in [1.82, 2.24) is 0 Å². The molecule has 0 saturated heterocycles. The van der Waals surface area contributed by atoms with Crippen LogP contribution in [0.25, 0.3) is 16.5 Å². The lowest BCUT2D eigenvalue weighted by Crippen LogP contribution is -2.29. The molecule has 2 heteroatoms. The molecular weight excluding hydrogens is 232 g/mol. The Bertz CT molecular complexity index is 628. The van der Waals surface area contributed by atoms with E-state index in [-0.39, 0.29) is 0 Å². The summed E-state index contributed by atoms with van der Waals surface area (Å²) in [5, 5.41) is 2.55. The first-order chi connectivity index (χ1) is 9.29. The van der Waals surface area contributed by atoms with Gasteiger partial charge in [-0.1, -0.05) is 37.6 Å². The summed E-state index contributed by atoms with van der Waals surface area (Å²) in [6.07, 6.45) is 4.57. The second kappa shape index (κ2) is 4.96. The van der Waals surface area contributed by atoms with Gasteiger partial charge >= 0.3 is 0 Å². The summed E-state index contributed by atoms with van der Waals surface area (Å²) in [5.74, 6) is 0. The zero-order valence-corrected chi connectivity index (χ0v) is 11.4. The van der Waals surface area contributed by atoms with Crippen molar-refractivity contribution in [2.75, 3.05) is 18.0 Å². The molecule has 0 aliphatic carbocycles. The van der Waals surface area contributed by atoms with Gasteiger partial charge in [-0.25, -0.2) is 0 Å². The number of rotatable bonds is 3. The molecule has 0 bridgehead atoms. The van der Waals surface area contributed by atoms with Gasteiger partial charge in [0.2, 0.25) is 0 Å². The molecule has 1 aliphatic heterocycles. The number of nitrogens with zero attached hydrogens (tertiary/aromatic N) is 1. The van der Waals surface area contributed by atoms with Crippen LogP contribution in [0.3, 0.4) is 0 Å². The van der Waals surface area contributed by atoms with Crippen molar-refractivity contribution in [2.45, 2.75) is 19.8 Å². The fraction of sp³-hybridized carbons (Fsp3) is 0.294. The summed E-state index contributed by atoms with van der Waals surface area (Å²) in [5.41, 5.74) is 9.54. The Kier molecular flexibility index (Phi) is 3.16. The van der Waals surface area contributed by atoms with E-state index in [1.165, 1.54) is 34.9 Å². The lowest BCUT2D eigenvalue weighted by Gasteiger charge is -2.30. The molecule has 0 radical (unpaired) electrons. The van der Waals surface area contributed by atoms with Crippen molar-refractivity contribution >= 4 is 22.2 Å². The molecule has 2 nitrogen and oxygen atoms in total. The number of anilines is 1. The second-order valence-electron chi connectivity index (χ2n) is 5.18. The van der Waals surface area contributed by atoms with Gasteiger partial charge in [-0.05, 0) is 35.4 Å². The minimum atomic E-state index is 0.911. The van der Waals surface area contributed by atoms with Crippen LogP contribution in [0.5, 0.6) is 0 Å². The fourth-order valence-corrected chi connectivity index (χ4v) is 2.70. The van der Waals surface area contributed by atoms with Crippen LogP contribution < -0.4 is 10.6 Å². The van der Waals surface area contributed by atoms with Crippen molar-refractivity contribution in [3.8, 4) is 0 Å². The third-order valence-corrected chi connectivity index (χ3v) is 3.83. The number of unbranched alkanes of at least 4 members (excludes halogenated alkanes) is 1. The van der Waals surface area contributed by atoms with Crippen LogP contribution in [0, 0.1) is 0 Å². The van der Waals surface area contributed by atoms with Gasteiger partial charge in [-0.2, -0.15) is 0 Å². The van der Waals surface area contributed by atoms with Crippen LogP contribution in [0.15, 0.2) is 42.5 Å². The predicted molar refractivity (Wildman–Crippen MR) is 83.2 cm³/mol. The smallest absolute Gasteiger partial charge is 0.0469 e. The molecular formula is C17H20N2. The highest BCUT2D eigenvalue weighted by Gasteiger charge is 2.17. The zero-order chi connectivity index (χ0) is 13.2. The normalized spacial score (nSPS) is 14.4. The number of benzene rings is 2. The minimum Gasteiger partial charge on any atom is -0.398 e. The van der Waals surface area contributed by atoms with Gasteiger partial charge in [0.25, 0.3) is 0 Å². The van der Waals surface area contributed by atoms with Crippen molar-refractivity contribution in [1.29, 1.82) is 0 Å². The quantitative estimate of drug-likeness (QED) is 0.901. The Balaban J connectivity index is 2.10. The molecule has 0 amide bonds. The second-order valence-corrected chi connectivity index (χ2v) is 5.18. The van der Waals surface area contributed by atoms with E-state index in [9.17, 15) is 0 Å². The Morgan fingerprint density at radius 1 is 1.16 bits per heavy atom. The summed E-state index contributed by atoms with van der Waals surface area (Å²) < 4.78 is 0. The number of hydrogen-bond acceptors (Lipinski definition) is 2. The predicted octanol–water partition coefficient (Wildman–Crippen LogP) is 3.76. The third kappa shape index (κ3) is 2.19. The van der Waals surface area contributed by atoms with Gasteiger partial charge in [-0.3, -0.25) is 0 Å². The van der Waals surface area contributed by atoms with E-state index >= 15 is 0 Å². The largest absolute Gasteiger partial charge is 0.398 e. The first kappa shape index (κ1) is 12.1. The molecule has 0 aromatic heterocycles. The maximum absolute atomic E-state index is 6.16. The van der Waals surface area contributed by atoms with Crippen molar-refractivity contribution < 1.29 is 0 Å². The van der Waals surface area contributed by atoms with Gasteiger partial charge < -0.3 is 10.6 Å². The number of hydrogen-bond donors (Lipinski definition) is 1. The van der Waals surface area contributed by atoms with Gasteiger partial charge in [-0.15, -0.1) is 0 Å². The molecule has 2 aromatic rings. The molecule has 1 aliphatic rings. The maximum atomic E-state index is 6.16. The SMILES string of the molecule is CCCCN1CC=C(N)c2cc3ccccc3cc21. The molecule has 2 aromatic carbocycles. The highest BCUT2D eigenvalue weighted by atomic mass is 15.1. The molecule has 3 rings (SSSR count). The molecule has 98 valence electrons. The highest BCUT2D eigenvalue weighted by molar-refractivity contribution is 5.93. The Labute approximate surface area is 114 Å². The summed E-state index contributed by atoms with van der Waals surface area (Å²) >= 11 is 0. The topological polar surface area (TPSA) is 29.3 Å². The van der Waals surface area contributed by atoms with Gasteiger partial charge in [0, 0.05) is 30.0 Å². The maximum Gasteiger partial charge on any atom is 0.0469 e. The first-order valence-electron chi connectivity index (χ1n) is 7.03. The molecule has 0 spiro atoms. The zero-order valence-electron chi connectivity index (χ0n) is 11.4. The standard InChI is InChI=1S/C17H20N2/c1-2-3-9-19-10-8-16(18)15-11-13-6-4-5-7-14(13)12-17(15)19/h4-8,11-12H,2-3,9-10,18H2,1H3. The van der Waals surface area contributed by atoms with Crippen molar-refractivity contribution in [2.24, 2.45) is 5.73 Å². The van der Waals surface area contributed by atoms with Crippen molar-refractivity contribution in [3.63, 3.8) is 0 Å². The molecule has 0 unspecified atom stereocenters. The lowest BCUT2D eigenvalue weighted by molar-refractivity contribution is 0.743. The summed E-state index contributed by atoms with van der Waals surface area (Å²) in [6.45, 7) is 4.26. The van der Waals surface area contributed by atoms with E-state index in [0.29, 0.717) is 0 Å². The monoisotopic (exact) mass is 252 g/mol. The van der Waals surface area contributed by atoms with E-state index in [0.717, 1.165) is 18.8 Å². The third-order valence-electron chi connectivity index (χ3n) is 3.83. The molecule has 19 heavy (non-hydrogen) atoms. The molecule has 1 heterocycles. The summed E-state index contributed by atoms with van der Waals surface area (Å²) in [6, 6.07) is 13.0.